The minimum Gasteiger partial charge on any atom is -0.369 e. The van der Waals surface area contributed by atoms with Gasteiger partial charge in [0.15, 0.2) is 0 Å². The molecule has 2 N–H and O–H groups in total. The predicted molar refractivity (Wildman–Crippen MR) is 53.2 cm³/mol. The zero-order valence-corrected chi connectivity index (χ0v) is 8.79. The van der Waals surface area contributed by atoms with E-state index in [-0.39, 0.29) is 11.8 Å². The molecule has 0 aromatic heterocycles. The average molecular weight is 184 g/mol. The maximum atomic E-state index is 11.2. The first-order valence-electron chi connectivity index (χ1n) is 5.05. The van der Waals surface area contributed by atoms with E-state index in [2.05, 4.69) is 25.8 Å². The second-order valence-corrected chi connectivity index (χ2v) is 4.20. The lowest BCUT2D eigenvalue weighted by Crippen LogP contribution is -2.49. The van der Waals surface area contributed by atoms with Gasteiger partial charge in [0.05, 0.1) is 5.92 Å². The van der Waals surface area contributed by atoms with Crippen LogP contribution in [0.25, 0.3) is 0 Å². The lowest BCUT2D eigenvalue weighted by Gasteiger charge is -2.39. The quantitative estimate of drug-likeness (QED) is 0.691. The van der Waals surface area contributed by atoms with Crippen LogP contribution in [0.3, 0.4) is 0 Å². The molecule has 3 unspecified atom stereocenters. The monoisotopic (exact) mass is 184 g/mol. The van der Waals surface area contributed by atoms with E-state index in [0.29, 0.717) is 12.0 Å². The van der Waals surface area contributed by atoms with Gasteiger partial charge in [0.25, 0.3) is 0 Å². The number of piperidine rings is 1. The van der Waals surface area contributed by atoms with Crippen molar-refractivity contribution in [2.24, 2.45) is 17.6 Å². The zero-order valence-electron chi connectivity index (χ0n) is 8.79. The lowest BCUT2D eigenvalue weighted by molar-refractivity contribution is -0.126. The standard InChI is InChI=1S/C10H20N2O/c1-4-8-5-9(10(11)13)7(2)12(3)6-8/h7-9H,4-6H2,1-3H3,(H2,11,13). The molecule has 0 radical (unpaired) electrons. The van der Waals surface area contributed by atoms with Crippen LogP contribution in [0, 0.1) is 11.8 Å². The summed E-state index contributed by atoms with van der Waals surface area (Å²) in [5.74, 6) is 0.542. The minimum absolute atomic E-state index is 0.0451. The third-order valence-corrected chi connectivity index (χ3v) is 3.35. The van der Waals surface area contributed by atoms with Crippen molar-refractivity contribution in [1.29, 1.82) is 0 Å². The minimum atomic E-state index is -0.141. The molecule has 1 aliphatic rings. The van der Waals surface area contributed by atoms with Crippen LogP contribution in [0.15, 0.2) is 0 Å². The molecule has 0 bridgehead atoms. The van der Waals surface area contributed by atoms with Gasteiger partial charge in [-0.05, 0) is 26.3 Å². The van der Waals surface area contributed by atoms with Gasteiger partial charge in [-0.3, -0.25) is 4.79 Å². The first kappa shape index (κ1) is 10.5. The van der Waals surface area contributed by atoms with E-state index in [1.807, 2.05) is 0 Å². The highest BCUT2D eigenvalue weighted by Gasteiger charge is 2.33. The van der Waals surface area contributed by atoms with Gasteiger partial charge in [0, 0.05) is 12.6 Å². The number of likely N-dealkylation sites (tertiary alicyclic amines) is 1. The Morgan fingerprint density at radius 2 is 2.23 bits per heavy atom. The van der Waals surface area contributed by atoms with Crippen LogP contribution in [-0.2, 0) is 4.79 Å². The second-order valence-electron chi connectivity index (χ2n) is 4.20. The second kappa shape index (κ2) is 4.09. The molecule has 76 valence electrons. The fourth-order valence-electron chi connectivity index (χ4n) is 2.16. The fraction of sp³-hybridized carbons (Fsp3) is 0.900. The molecule has 13 heavy (non-hydrogen) atoms. The van der Waals surface area contributed by atoms with E-state index in [0.717, 1.165) is 19.4 Å². The number of hydrogen-bond donors (Lipinski definition) is 1. The van der Waals surface area contributed by atoms with Crippen LogP contribution < -0.4 is 5.73 Å². The summed E-state index contributed by atoms with van der Waals surface area (Å²) in [5.41, 5.74) is 5.37. The van der Waals surface area contributed by atoms with Crippen LogP contribution in [0.2, 0.25) is 0 Å². The lowest BCUT2D eigenvalue weighted by atomic mass is 9.82. The van der Waals surface area contributed by atoms with E-state index in [4.69, 9.17) is 5.73 Å². The molecule has 1 amide bonds. The normalized spacial score (nSPS) is 36.1. The largest absolute Gasteiger partial charge is 0.369 e. The van der Waals surface area contributed by atoms with Crippen molar-refractivity contribution < 1.29 is 4.79 Å². The van der Waals surface area contributed by atoms with Crippen molar-refractivity contribution >= 4 is 5.91 Å². The van der Waals surface area contributed by atoms with Gasteiger partial charge < -0.3 is 10.6 Å². The Hall–Kier alpha value is -0.570. The molecule has 0 aliphatic carbocycles. The number of carbonyl (C=O) groups excluding carboxylic acids is 1. The van der Waals surface area contributed by atoms with E-state index >= 15 is 0 Å². The van der Waals surface area contributed by atoms with E-state index in [9.17, 15) is 4.79 Å². The van der Waals surface area contributed by atoms with E-state index < -0.39 is 0 Å². The number of nitrogens with zero attached hydrogens (tertiary/aromatic N) is 1. The van der Waals surface area contributed by atoms with Crippen molar-refractivity contribution in [3.8, 4) is 0 Å². The molecule has 1 heterocycles. The highest BCUT2D eigenvalue weighted by molar-refractivity contribution is 5.77. The van der Waals surface area contributed by atoms with Crippen LogP contribution in [-0.4, -0.2) is 30.4 Å². The molecule has 0 aromatic rings. The number of carbonyl (C=O) groups is 1. The number of hydrogen-bond acceptors (Lipinski definition) is 2. The average Bonchev–Trinajstić information content (AvgIpc) is 2.09. The number of rotatable bonds is 2. The summed E-state index contributed by atoms with van der Waals surface area (Å²) in [7, 11) is 2.07. The summed E-state index contributed by atoms with van der Waals surface area (Å²) in [6.07, 6.45) is 2.11. The van der Waals surface area contributed by atoms with Crippen LogP contribution in [0.1, 0.15) is 26.7 Å². The maximum Gasteiger partial charge on any atom is 0.222 e. The molecule has 3 nitrogen and oxygen atoms in total. The van der Waals surface area contributed by atoms with Crippen molar-refractivity contribution in [2.45, 2.75) is 32.7 Å². The molecule has 3 heteroatoms. The number of primary amides is 1. The fourth-order valence-corrected chi connectivity index (χ4v) is 2.16. The summed E-state index contributed by atoms with van der Waals surface area (Å²) in [6.45, 7) is 5.36. The molecule has 1 fully saturated rings. The Balaban J connectivity index is 2.66. The molecular weight excluding hydrogens is 164 g/mol. The highest BCUT2D eigenvalue weighted by atomic mass is 16.1. The van der Waals surface area contributed by atoms with Crippen LogP contribution in [0.5, 0.6) is 0 Å². The van der Waals surface area contributed by atoms with Gasteiger partial charge >= 0.3 is 0 Å². The molecule has 1 saturated heterocycles. The van der Waals surface area contributed by atoms with Gasteiger partial charge in [-0.25, -0.2) is 0 Å². The molecule has 1 aliphatic heterocycles. The smallest absolute Gasteiger partial charge is 0.222 e. The predicted octanol–water partition coefficient (Wildman–Crippen LogP) is 0.838. The van der Waals surface area contributed by atoms with Crippen LogP contribution >= 0.6 is 0 Å². The Kier molecular flexibility index (Phi) is 3.31. The van der Waals surface area contributed by atoms with Gasteiger partial charge in [-0.2, -0.15) is 0 Å². The molecule has 0 spiro atoms. The van der Waals surface area contributed by atoms with Gasteiger partial charge in [-0.15, -0.1) is 0 Å². The summed E-state index contributed by atoms with van der Waals surface area (Å²) in [5, 5.41) is 0. The van der Waals surface area contributed by atoms with Gasteiger partial charge in [0.1, 0.15) is 0 Å². The molecule has 1 rings (SSSR count). The Morgan fingerprint density at radius 3 is 2.69 bits per heavy atom. The molecule has 3 atom stereocenters. The van der Waals surface area contributed by atoms with Gasteiger partial charge in [0.2, 0.25) is 5.91 Å². The molecule has 0 aromatic carbocycles. The number of nitrogens with two attached hydrogens (primary N) is 1. The van der Waals surface area contributed by atoms with Crippen molar-refractivity contribution in [3.05, 3.63) is 0 Å². The molecule has 0 saturated carbocycles. The van der Waals surface area contributed by atoms with E-state index in [1.54, 1.807) is 0 Å². The number of amides is 1. The molecular formula is C10H20N2O. The topological polar surface area (TPSA) is 46.3 Å². The Morgan fingerprint density at radius 1 is 1.62 bits per heavy atom. The Bertz CT molecular complexity index is 193. The summed E-state index contributed by atoms with van der Waals surface area (Å²) < 4.78 is 0. The SMILES string of the molecule is CCC1CC(C(N)=O)C(C)N(C)C1. The van der Waals surface area contributed by atoms with Crippen molar-refractivity contribution in [3.63, 3.8) is 0 Å². The zero-order chi connectivity index (χ0) is 10.0. The summed E-state index contributed by atoms with van der Waals surface area (Å²) >= 11 is 0. The highest BCUT2D eigenvalue weighted by Crippen LogP contribution is 2.27. The first-order valence-corrected chi connectivity index (χ1v) is 5.05. The van der Waals surface area contributed by atoms with Crippen molar-refractivity contribution in [1.82, 2.24) is 4.90 Å². The Labute approximate surface area is 80.3 Å². The summed E-state index contributed by atoms with van der Waals surface area (Å²) in [6, 6.07) is 0.306. The van der Waals surface area contributed by atoms with Gasteiger partial charge in [-0.1, -0.05) is 13.3 Å². The first-order chi connectivity index (χ1) is 6.06. The summed E-state index contributed by atoms with van der Waals surface area (Å²) in [4.78, 5) is 13.4. The van der Waals surface area contributed by atoms with Crippen LogP contribution in [0.4, 0.5) is 0 Å². The third kappa shape index (κ3) is 2.21. The third-order valence-electron chi connectivity index (χ3n) is 3.35. The van der Waals surface area contributed by atoms with E-state index in [1.165, 1.54) is 0 Å². The maximum absolute atomic E-state index is 11.2. The van der Waals surface area contributed by atoms with Crippen molar-refractivity contribution in [2.75, 3.05) is 13.6 Å².